The average molecular weight is 367 g/mol. The molecule has 0 bridgehead atoms. The molecular weight excluding hydrogens is 346 g/mol. The zero-order valence-electron chi connectivity index (χ0n) is 14.8. The van der Waals surface area contributed by atoms with Crippen molar-refractivity contribution in [3.05, 3.63) is 36.2 Å². The van der Waals surface area contributed by atoms with E-state index in [1.807, 2.05) is 28.8 Å². The molecule has 0 saturated carbocycles. The third-order valence-electron chi connectivity index (χ3n) is 4.54. The maximum absolute atomic E-state index is 10.4. The highest BCUT2D eigenvalue weighted by Crippen LogP contribution is 2.28. The quantitative estimate of drug-likeness (QED) is 0.546. The average Bonchev–Trinajstić information content (AvgIpc) is 3.33. The largest absolute Gasteiger partial charge is 0.382 e. The molecule has 0 radical (unpaired) electrons. The van der Waals surface area contributed by atoms with E-state index in [0.717, 1.165) is 37.1 Å². The monoisotopic (exact) mass is 367 g/mol. The van der Waals surface area contributed by atoms with E-state index in [2.05, 4.69) is 25.6 Å². The van der Waals surface area contributed by atoms with Gasteiger partial charge in [-0.05, 0) is 37.0 Å². The van der Waals surface area contributed by atoms with Gasteiger partial charge in [0.25, 0.3) is 0 Å². The highest BCUT2D eigenvalue weighted by molar-refractivity contribution is 5.83. The fourth-order valence-corrected chi connectivity index (χ4v) is 3.16. The molecule has 9 heteroatoms. The van der Waals surface area contributed by atoms with Crippen LogP contribution >= 0.6 is 0 Å². The Kier molecular flexibility index (Phi) is 4.84. The third kappa shape index (κ3) is 3.68. The van der Waals surface area contributed by atoms with Crippen molar-refractivity contribution in [2.75, 3.05) is 29.5 Å². The minimum absolute atomic E-state index is 0.0457. The molecule has 1 aliphatic rings. The fourth-order valence-electron chi connectivity index (χ4n) is 3.16. The Labute approximate surface area is 156 Å². The first-order valence-electron chi connectivity index (χ1n) is 8.89. The molecule has 0 aliphatic carbocycles. The van der Waals surface area contributed by atoms with Crippen molar-refractivity contribution in [2.24, 2.45) is 0 Å². The van der Waals surface area contributed by atoms with E-state index in [4.69, 9.17) is 10.5 Å². The fraction of sp³-hybridized carbons (Fsp3) is 0.333. The van der Waals surface area contributed by atoms with E-state index in [1.165, 1.54) is 0 Å². The van der Waals surface area contributed by atoms with Crippen LogP contribution in [0, 0.1) is 0 Å². The molecule has 4 N–H and O–H groups in total. The van der Waals surface area contributed by atoms with Crippen LogP contribution in [0.4, 0.5) is 17.5 Å². The molecular formula is C18H21N7O2. The lowest BCUT2D eigenvalue weighted by Crippen LogP contribution is -2.11. The van der Waals surface area contributed by atoms with Gasteiger partial charge in [0, 0.05) is 18.8 Å². The van der Waals surface area contributed by atoms with Crippen LogP contribution in [0.15, 0.2) is 30.6 Å². The normalized spacial score (nSPS) is 16.5. The molecule has 1 unspecified atom stereocenters. The van der Waals surface area contributed by atoms with Gasteiger partial charge in [0.15, 0.2) is 11.5 Å². The van der Waals surface area contributed by atoms with Crippen LogP contribution in [-0.4, -0.2) is 39.1 Å². The van der Waals surface area contributed by atoms with Crippen molar-refractivity contribution < 1.29 is 9.53 Å². The van der Waals surface area contributed by atoms with Gasteiger partial charge >= 0.3 is 0 Å². The molecule has 9 nitrogen and oxygen atoms in total. The number of fused-ring (bicyclic) bond motifs is 1. The Hall–Kier alpha value is -3.20. The lowest BCUT2D eigenvalue weighted by Gasteiger charge is -2.12. The van der Waals surface area contributed by atoms with Crippen LogP contribution in [0.1, 0.15) is 24.6 Å². The summed E-state index contributed by atoms with van der Waals surface area (Å²) in [5, 5.41) is 5.83. The van der Waals surface area contributed by atoms with E-state index in [1.54, 1.807) is 6.33 Å². The lowest BCUT2D eigenvalue weighted by molar-refractivity contribution is -0.105. The SMILES string of the molecule is Nc1nc(NCCc2ccc(NC=O)cc2)nc2c1ncn2C1CCCO1. The summed E-state index contributed by atoms with van der Waals surface area (Å²) in [4.78, 5) is 23.6. The highest BCUT2D eigenvalue weighted by Gasteiger charge is 2.21. The molecule has 4 rings (SSSR count). The highest BCUT2D eigenvalue weighted by atomic mass is 16.5. The Balaban J connectivity index is 1.45. The van der Waals surface area contributed by atoms with Crippen molar-refractivity contribution in [2.45, 2.75) is 25.5 Å². The maximum atomic E-state index is 10.4. The predicted octanol–water partition coefficient (Wildman–Crippen LogP) is 1.94. The van der Waals surface area contributed by atoms with Crippen molar-refractivity contribution in [1.29, 1.82) is 0 Å². The van der Waals surface area contributed by atoms with Gasteiger partial charge in [-0.2, -0.15) is 9.97 Å². The second-order valence-corrected chi connectivity index (χ2v) is 6.36. The van der Waals surface area contributed by atoms with Crippen LogP contribution < -0.4 is 16.4 Å². The van der Waals surface area contributed by atoms with Gasteiger partial charge in [-0.1, -0.05) is 12.1 Å². The number of hydrogen-bond acceptors (Lipinski definition) is 7. The second-order valence-electron chi connectivity index (χ2n) is 6.36. The molecule has 0 spiro atoms. The van der Waals surface area contributed by atoms with Gasteiger partial charge in [-0.25, -0.2) is 4.98 Å². The van der Waals surface area contributed by atoms with Crippen LogP contribution in [0.2, 0.25) is 0 Å². The molecule has 2 aromatic heterocycles. The predicted molar refractivity (Wildman–Crippen MR) is 102 cm³/mol. The van der Waals surface area contributed by atoms with Gasteiger partial charge in [0.2, 0.25) is 12.4 Å². The second kappa shape index (κ2) is 7.58. The number of nitrogen functional groups attached to an aromatic ring is 1. The number of amides is 1. The van der Waals surface area contributed by atoms with Crippen LogP contribution in [0.25, 0.3) is 11.2 Å². The van der Waals surface area contributed by atoms with Crippen molar-refractivity contribution in [3.63, 3.8) is 0 Å². The number of anilines is 3. The summed E-state index contributed by atoms with van der Waals surface area (Å²) in [5.41, 5.74) is 9.23. The first-order chi connectivity index (χ1) is 13.2. The maximum Gasteiger partial charge on any atom is 0.226 e. The summed E-state index contributed by atoms with van der Waals surface area (Å²) in [6.07, 6.45) is 5.08. The van der Waals surface area contributed by atoms with E-state index in [0.29, 0.717) is 35.9 Å². The Morgan fingerprint density at radius 1 is 1.30 bits per heavy atom. The molecule has 1 saturated heterocycles. The zero-order valence-corrected chi connectivity index (χ0v) is 14.8. The summed E-state index contributed by atoms with van der Waals surface area (Å²) >= 11 is 0. The Bertz CT molecular complexity index is 933. The smallest absolute Gasteiger partial charge is 0.226 e. The number of nitrogens with one attached hydrogen (secondary N) is 2. The number of rotatable bonds is 7. The molecule has 1 amide bonds. The van der Waals surface area contributed by atoms with E-state index in [9.17, 15) is 4.79 Å². The summed E-state index contributed by atoms with van der Waals surface area (Å²) in [6.45, 7) is 1.40. The molecule has 1 aromatic carbocycles. The van der Waals surface area contributed by atoms with Crippen molar-refractivity contribution in [1.82, 2.24) is 19.5 Å². The number of carbonyl (C=O) groups is 1. The number of nitrogens with two attached hydrogens (primary N) is 1. The number of imidazole rings is 1. The Morgan fingerprint density at radius 3 is 2.89 bits per heavy atom. The summed E-state index contributed by atoms with van der Waals surface area (Å²) < 4.78 is 7.65. The number of aromatic nitrogens is 4. The van der Waals surface area contributed by atoms with Gasteiger partial charge in [-0.3, -0.25) is 9.36 Å². The van der Waals surface area contributed by atoms with Crippen LogP contribution in [0.5, 0.6) is 0 Å². The van der Waals surface area contributed by atoms with E-state index < -0.39 is 0 Å². The van der Waals surface area contributed by atoms with Gasteiger partial charge in [0.1, 0.15) is 11.7 Å². The molecule has 140 valence electrons. The number of ether oxygens (including phenoxy) is 1. The number of carbonyl (C=O) groups excluding carboxylic acids is 1. The van der Waals surface area contributed by atoms with E-state index in [-0.39, 0.29) is 6.23 Å². The molecule has 1 aliphatic heterocycles. The first kappa shape index (κ1) is 17.2. The van der Waals surface area contributed by atoms with Crippen LogP contribution in [0.3, 0.4) is 0 Å². The van der Waals surface area contributed by atoms with Crippen molar-refractivity contribution >= 4 is 35.0 Å². The van der Waals surface area contributed by atoms with Gasteiger partial charge < -0.3 is 21.1 Å². The van der Waals surface area contributed by atoms with Gasteiger partial charge in [-0.15, -0.1) is 0 Å². The van der Waals surface area contributed by atoms with Crippen LogP contribution in [-0.2, 0) is 16.0 Å². The summed E-state index contributed by atoms with van der Waals surface area (Å²) in [5.74, 6) is 0.822. The topological polar surface area (TPSA) is 120 Å². The first-order valence-corrected chi connectivity index (χ1v) is 8.89. The summed E-state index contributed by atoms with van der Waals surface area (Å²) in [7, 11) is 0. The lowest BCUT2D eigenvalue weighted by atomic mass is 10.1. The third-order valence-corrected chi connectivity index (χ3v) is 4.54. The zero-order chi connectivity index (χ0) is 18.6. The minimum atomic E-state index is -0.0457. The number of benzene rings is 1. The minimum Gasteiger partial charge on any atom is -0.382 e. The van der Waals surface area contributed by atoms with E-state index >= 15 is 0 Å². The molecule has 3 aromatic rings. The number of nitrogens with zero attached hydrogens (tertiary/aromatic N) is 4. The molecule has 1 atom stereocenters. The Morgan fingerprint density at radius 2 is 2.15 bits per heavy atom. The molecule has 3 heterocycles. The summed E-state index contributed by atoms with van der Waals surface area (Å²) in [6, 6.07) is 7.67. The standard InChI is InChI=1S/C18H21N7O2/c19-16-15-17(25(10-21-15)14-2-1-9-27-14)24-18(23-16)20-8-7-12-3-5-13(6-4-12)22-11-26/h3-6,10-11,14H,1-2,7-9H2,(H,22,26)(H3,19,20,23,24). The van der Waals surface area contributed by atoms with Crippen molar-refractivity contribution in [3.8, 4) is 0 Å². The molecule has 27 heavy (non-hydrogen) atoms. The number of hydrogen-bond donors (Lipinski definition) is 3. The van der Waals surface area contributed by atoms with Gasteiger partial charge in [0.05, 0.1) is 6.33 Å². The molecule has 1 fully saturated rings.